The van der Waals surface area contributed by atoms with Crippen LogP contribution >= 0.6 is 0 Å². The highest BCUT2D eigenvalue weighted by Crippen LogP contribution is 2.35. The van der Waals surface area contributed by atoms with Crippen molar-refractivity contribution >= 4 is 6.03 Å². The maximum Gasteiger partial charge on any atom is 0.315 e. The normalized spacial score (nSPS) is 25.3. The molecule has 0 aromatic heterocycles. The fraction of sp³-hybridized carbons (Fsp3) is 0.588. The lowest BCUT2D eigenvalue weighted by atomic mass is 9.81. The van der Waals surface area contributed by atoms with Crippen molar-refractivity contribution in [2.45, 2.75) is 59.0 Å². The van der Waals surface area contributed by atoms with Crippen LogP contribution in [0.5, 0.6) is 5.75 Å². The fourth-order valence-corrected chi connectivity index (χ4v) is 3.41. The Bertz CT molecular complexity index is 505. The monoisotopic (exact) mass is 290 g/mol. The third kappa shape index (κ3) is 3.14. The summed E-state index contributed by atoms with van der Waals surface area (Å²) in [5.74, 6) is 0.711. The minimum absolute atomic E-state index is 0.0123. The number of urea groups is 1. The Morgan fingerprint density at radius 3 is 2.29 bits per heavy atom. The molecule has 1 aliphatic heterocycles. The molecule has 3 atom stereocenters. The van der Waals surface area contributed by atoms with Crippen molar-refractivity contribution in [3.63, 3.8) is 0 Å². The van der Waals surface area contributed by atoms with Crippen molar-refractivity contribution < 1.29 is 9.90 Å². The first-order chi connectivity index (χ1) is 9.97. The number of carbonyl (C=O) groups is 1. The molecular weight excluding hydrogens is 264 g/mol. The van der Waals surface area contributed by atoms with Gasteiger partial charge in [-0.1, -0.05) is 32.4 Å². The molecule has 2 amide bonds. The number of amides is 2. The summed E-state index contributed by atoms with van der Waals surface area (Å²) in [6.45, 7) is 8.11. The smallest absolute Gasteiger partial charge is 0.315 e. The van der Waals surface area contributed by atoms with Gasteiger partial charge in [0, 0.05) is 12.0 Å². The summed E-state index contributed by atoms with van der Waals surface area (Å²) in [4.78, 5) is 12.0. The average molecular weight is 290 g/mol. The molecule has 0 spiro atoms. The van der Waals surface area contributed by atoms with Gasteiger partial charge >= 0.3 is 6.03 Å². The lowest BCUT2D eigenvalue weighted by Crippen LogP contribution is -2.56. The summed E-state index contributed by atoms with van der Waals surface area (Å²) >= 11 is 0. The van der Waals surface area contributed by atoms with Gasteiger partial charge in [-0.2, -0.15) is 0 Å². The zero-order chi connectivity index (χ0) is 15.6. The Hall–Kier alpha value is -1.71. The third-order valence-corrected chi connectivity index (χ3v) is 4.49. The van der Waals surface area contributed by atoms with Crippen LogP contribution in [-0.4, -0.2) is 17.2 Å². The van der Waals surface area contributed by atoms with Crippen LogP contribution < -0.4 is 10.6 Å². The molecule has 1 heterocycles. The van der Waals surface area contributed by atoms with Gasteiger partial charge in [0.25, 0.3) is 0 Å². The van der Waals surface area contributed by atoms with Crippen molar-refractivity contribution in [1.29, 1.82) is 0 Å². The van der Waals surface area contributed by atoms with Gasteiger partial charge in [0.2, 0.25) is 0 Å². The minimum Gasteiger partial charge on any atom is -0.507 e. The summed E-state index contributed by atoms with van der Waals surface area (Å²) < 4.78 is 0. The van der Waals surface area contributed by atoms with E-state index in [1.165, 1.54) is 0 Å². The minimum atomic E-state index is -0.0912. The fourth-order valence-electron chi connectivity index (χ4n) is 3.41. The zero-order valence-electron chi connectivity index (χ0n) is 13.4. The van der Waals surface area contributed by atoms with E-state index in [2.05, 4.69) is 24.5 Å². The maximum absolute atomic E-state index is 12.0. The first kappa shape index (κ1) is 15.7. The quantitative estimate of drug-likeness (QED) is 0.794. The van der Waals surface area contributed by atoms with Crippen LogP contribution in [0.25, 0.3) is 0 Å². The van der Waals surface area contributed by atoms with Crippen LogP contribution in [0.3, 0.4) is 0 Å². The standard InChI is InChI=1S/C17H26N2O2/c1-5-7-14-13(6-2)15(19-17(21)18-14)12-8-10(3)16(20)11(4)9-12/h8-9,13-15,20H,5-7H2,1-4H3,(H2,18,19,21). The molecule has 3 N–H and O–H groups in total. The molecule has 2 rings (SSSR count). The first-order valence-electron chi connectivity index (χ1n) is 7.85. The van der Waals surface area contributed by atoms with E-state index in [1.54, 1.807) is 0 Å². The highest BCUT2D eigenvalue weighted by molar-refractivity contribution is 5.76. The van der Waals surface area contributed by atoms with Crippen LogP contribution in [0, 0.1) is 19.8 Å². The molecule has 4 nitrogen and oxygen atoms in total. The van der Waals surface area contributed by atoms with Gasteiger partial charge < -0.3 is 15.7 Å². The third-order valence-electron chi connectivity index (χ3n) is 4.49. The maximum atomic E-state index is 12.0. The number of hydrogen-bond donors (Lipinski definition) is 3. The van der Waals surface area contributed by atoms with E-state index in [0.717, 1.165) is 36.0 Å². The van der Waals surface area contributed by atoms with Crippen molar-refractivity contribution in [1.82, 2.24) is 10.6 Å². The van der Waals surface area contributed by atoms with Gasteiger partial charge in [-0.05, 0) is 43.4 Å². The number of phenolic OH excluding ortho intramolecular Hbond substituents is 1. The van der Waals surface area contributed by atoms with Crippen LogP contribution in [0.15, 0.2) is 12.1 Å². The largest absolute Gasteiger partial charge is 0.507 e. The molecule has 0 aliphatic carbocycles. The molecule has 1 aromatic carbocycles. The Kier molecular flexibility index (Phi) is 4.76. The van der Waals surface area contributed by atoms with E-state index < -0.39 is 0 Å². The molecule has 0 radical (unpaired) electrons. The van der Waals surface area contributed by atoms with Gasteiger partial charge in [-0.25, -0.2) is 4.79 Å². The van der Waals surface area contributed by atoms with Gasteiger partial charge in [-0.15, -0.1) is 0 Å². The second kappa shape index (κ2) is 6.37. The van der Waals surface area contributed by atoms with Crippen molar-refractivity contribution in [3.8, 4) is 5.75 Å². The van der Waals surface area contributed by atoms with E-state index in [-0.39, 0.29) is 18.1 Å². The van der Waals surface area contributed by atoms with E-state index >= 15 is 0 Å². The van der Waals surface area contributed by atoms with Crippen molar-refractivity contribution in [3.05, 3.63) is 28.8 Å². The van der Waals surface area contributed by atoms with Crippen LogP contribution in [0.4, 0.5) is 4.79 Å². The number of aryl methyl sites for hydroxylation is 2. The van der Waals surface area contributed by atoms with Crippen LogP contribution in [-0.2, 0) is 0 Å². The molecule has 21 heavy (non-hydrogen) atoms. The Balaban J connectivity index is 2.37. The highest BCUT2D eigenvalue weighted by atomic mass is 16.3. The second-order valence-corrected chi connectivity index (χ2v) is 6.07. The molecule has 3 unspecified atom stereocenters. The van der Waals surface area contributed by atoms with Gasteiger partial charge in [-0.3, -0.25) is 0 Å². The van der Waals surface area contributed by atoms with Gasteiger partial charge in [0.15, 0.2) is 0 Å². The summed E-state index contributed by atoms with van der Waals surface area (Å²) in [6.07, 6.45) is 3.06. The molecule has 116 valence electrons. The lowest BCUT2D eigenvalue weighted by molar-refractivity contribution is 0.183. The number of benzene rings is 1. The predicted octanol–water partition coefficient (Wildman–Crippen LogP) is 3.56. The molecule has 0 saturated carbocycles. The van der Waals surface area contributed by atoms with Gasteiger partial charge in [0.05, 0.1) is 6.04 Å². The number of aromatic hydroxyl groups is 1. The lowest BCUT2D eigenvalue weighted by Gasteiger charge is -2.39. The van der Waals surface area contributed by atoms with Gasteiger partial charge in [0.1, 0.15) is 5.75 Å². The van der Waals surface area contributed by atoms with Crippen LogP contribution in [0.2, 0.25) is 0 Å². The molecular formula is C17H26N2O2. The van der Waals surface area contributed by atoms with Crippen molar-refractivity contribution in [2.75, 3.05) is 0 Å². The molecule has 1 aliphatic rings. The highest BCUT2D eigenvalue weighted by Gasteiger charge is 2.35. The van der Waals surface area contributed by atoms with E-state index in [1.807, 2.05) is 26.0 Å². The molecule has 1 aromatic rings. The number of hydrogen-bond acceptors (Lipinski definition) is 2. The molecule has 4 heteroatoms. The average Bonchev–Trinajstić information content (AvgIpc) is 2.44. The first-order valence-corrected chi connectivity index (χ1v) is 7.85. The molecule has 0 bridgehead atoms. The number of nitrogens with one attached hydrogen (secondary N) is 2. The van der Waals surface area contributed by atoms with Crippen molar-refractivity contribution in [2.24, 2.45) is 5.92 Å². The molecule has 1 saturated heterocycles. The summed E-state index contributed by atoms with van der Waals surface area (Å²) in [7, 11) is 0. The summed E-state index contributed by atoms with van der Waals surface area (Å²) in [5.41, 5.74) is 2.81. The number of carbonyl (C=O) groups excluding carboxylic acids is 1. The second-order valence-electron chi connectivity index (χ2n) is 6.07. The summed E-state index contributed by atoms with van der Waals surface area (Å²) in [6, 6.07) is 4.12. The predicted molar refractivity (Wildman–Crippen MR) is 84.5 cm³/mol. The van der Waals surface area contributed by atoms with E-state index in [0.29, 0.717) is 11.7 Å². The topological polar surface area (TPSA) is 61.4 Å². The number of phenols is 1. The van der Waals surface area contributed by atoms with E-state index in [4.69, 9.17) is 0 Å². The SMILES string of the molecule is CCCC1NC(=O)NC(c2cc(C)c(O)c(C)c2)C1CC. The Morgan fingerprint density at radius 2 is 1.76 bits per heavy atom. The van der Waals surface area contributed by atoms with Crippen LogP contribution in [0.1, 0.15) is 55.8 Å². The number of rotatable bonds is 4. The molecule has 1 fully saturated rings. The van der Waals surface area contributed by atoms with E-state index in [9.17, 15) is 9.90 Å². The Morgan fingerprint density at radius 1 is 1.14 bits per heavy atom. The summed E-state index contributed by atoms with van der Waals surface area (Å²) in [5, 5.41) is 16.1. The zero-order valence-corrected chi connectivity index (χ0v) is 13.4. The Labute approximate surface area is 126 Å².